The summed E-state index contributed by atoms with van der Waals surface area (Å²) in [5.74, 6) is -1.60. The van der Waals surface area contributed by atoms with Gasteiger partial charge >= 0.3 is 29.6 Å². The van der Waals surface area contributed by atoms with Crippen LogP contribution in [0.25, 0.3) is 0 Å². The molecule has 0 N–H and O–H groups in total. The monoisotopic (exact) mass is 225 g/mol. The van der Waals surface area contributed by atoms with E-state index in [9.17, 15) is 9.90 Å². The Labute approximate surface area is 115 Å². The molecule has 5 heteroatoms. The first-order valence-electron chi connectivity index (χ1n) is 4.79. The van der Waals surface area contributed by atoms with Gasteiger partial charge in [-0.15, -0.1) is 0 Å². The molecule has 0 spiro atoms. The van der Waals surface area contributed by atoms with Crippen LogP contribution in [0.1, 0.15) is 17.2 Å². The standard InChI is InChI=1S/C11H9NO3.Na/c13-11(14)10-12-9-7-4-2-1-3-6(7)5-8(9)15-10;/h1-4,8-9H,5H2,(H,13,14);/q;+1/p-1/t8-,9+;/m1./s1. The molecule has 0 radical (unpaired) electrons. The van der Waals surface area contributed by atoms with E-state index in [4.69, 9.17) is 4.74 Å². The van der Waals surface area contributed by atoms with Gasteiger partial charge in [0, 0.05) is 6.42 Å². The number of rotatable bonds is 1. The van der Waals surface area contributed by atoms with E-state index in [-0.39, 0.29) is 47.6 Å². The summed E-state index contributed by atoms with van der Waals surface area (Å²) in [6.07, 6.45) is 0.566. The molecule has 2 atom stereocenters. The van der Waals surface area contributed by atoms with Crippen LogP contribution >= 0.6 is 0 Å². The molecule has 0 saturated carbocycles. The van der Waals surface area contributed by atoms with Crippen LogP contribution in [0.2, 0.25) is 0 Å². The van der Waals surface area contributed by atoms with E-state index in [1.165, 1.54) is 5.56 Å². The summed E-state index contributed by atoms with van der Waals surface area (Å²) in [6, 6.07) is 7.71. The van der Waals surface area contributed by atoms with E-state index >= 15 is 0 Å². The van der Waals surface area contributed by atoms with Crippen LogP contribution in [0.3, 0.4) is 0 Å². The number of carbonyl (C=O) groups is 1. The SMILES string of the molecule is O=C([O-])C1=N[C@H]2c3ccccc3C[C@H]2O1.[Na+]. The van der Waals surface area contributed by atoms with E-state index in [1.807, 2.05) is 24.3 Å². The molecule has 2 aliphatic rings. The minimum Gasteiger partial charge on any atom is -0.540 e. The van der Waals surface area contributed by atoms with Crippen LogP contribution in [-0.4, -0.2) is 18.0 Å². The average molecular weight is 225 g/mol. The molecule has 16 heavy (non-hydrogen) atoms. The molecule has 1 aromatic carbocycles. The van der Waals surface area contributed by atoms with Crippen molar-refractivity contribution in [3.05, 3.63) is 35.4 Å². The maximum Gasteiger partial charge on any atom is 1.00 e. The van der Waals surface area contributed by atoms with Gasteiger partial charge in [-0.05, 0) is 11.1 Å². The number of aliphatic carboxylic acids is 1. The van der Waals surface area contributed by atoms with Crippen molar-refractivity contribution in [2.24, 2.45) is 4.99 Å². The Hall–Kier alpha value is -0.840. The van der Waals surface area contributed by atoms with Crippen molar-refractivity contribution in [1.82, 2.24) is 0 Å². The van der Waals surface area contributed by atoms with Gasteiger partial charge in [0.15, 0.2) is 0 Å². The van der Waals surface area contributed by atoms with E-state index in [1.54, 1.807) is 0 Å². The smallest absolute Gasteiger partial charge is 0.540 e. The first-order valence-corrected chi connectivity index (χ1v) is 4.79. The number of benzene rings is 1. The van der Waals surface area contributed by atoms with Crippen molar-refractivity contribution in [2.75, 3.05) is 0 Å². The minimum absolute atomic E-state index is 0. The Morgan fingerprint density at radius 2 is 2.19 bits per heavy atom. The number of carboxylic acids is 1. The molecule has 0 bridgehead atoms. The molecule has 1 aromatic rings. The van der Waals surface area contributed by atoms with Gasteiger partial charge in [0.25, 0.3) is 0 Å². The first kappa shape index (κ1) is 11.6. The molecular weight excluding hydrogens is 217 g/mol. The Balaban J connectivity index is 0.000000963. The minimum atomic E-state index is -1.33. The topological polar surface area (TPSA) is 61.7 Å². The molecule has 4 nitrogen and oxygen atoms in total. The predicted octanol–water partition coefficient (Wildman–Crippen LogP) is -3.16. The summed E-state index contributed by atoms with van der Waals surface area (Å²) >= 11 is 0. The summed E-state index contributed by atoms with van der Waals surface area (Å²) in [7, 11) is 0. The van der Waals surface area contributed by atoms with Crippen molar-refractivity contribution in [3.8, 4) is 0 Å². The summed E-state index contributed by atoms with van der Waals surface area (Å²) < 4.78 is 5.22. The molecule has 3 rings (SSSR count). The third-order valence-electron chi connectivity index (χ3n) is 2.84. The van der Waals surface area contributed by atoms with Gasteiger partial charge in [0.05, 0.1) is 0 Å². The van der Waals surface area contributed by atoms with Crippen LogP contribution in [0, 0.1) is 0 Å². The maximum atomic E-state index is 10.6. The number of hydrogen-bond donors (Lipinski definition) is 0. The number of carboxylic acid groups (broad SMARTS) is 1. The van der Waals surface area contributed by atoms with Gasteiger partial charge < -0.3 is 14.6 Å². The van der Waals surface area contributed by atoms with E-state index in [0.717, 1.165) is 12.0 Å². The summed E-state index contributed by atoms with van der Waals surface area (Å²) in [4.78, 5) is 14.6. The van der Waals surface area contributed by atoms with Crippen molar-refractivity contribution in [1.29, 1.82) is 0 Å². The molecule has 1 aliphatic heterocycles. The van der Waals surface area contributed by atoms with Crippen molar-refractivity contribution in [3.63, 3.8) is 0 Å². The third-order valence-corrected chi connectivity index (χ3v) is 2.84. The second-order valence-corrected chi connectivity index (χ2v) is 3.73. The van der Waals surface area contributed by atoms with Gasteiger partial charge in [-0.25, -0.2) is 4.99 Å². The molecular formula is C11H8NNaO3. The number of fused-ring (bicyclic) bond motifs is 3. The van der Waals surface area contributed by atoms with Gasteiger partial charge in [-0.1, -0.05) is 24.3 Å². The number of ether oxygens (including phenoxy) is 1. The van der Waals surface area contributed by atoms with Gasteiger partial charge in [-0.3, -0.25) is 0 Å². The number of hydrogen-bond acceptors (Lipinski definition) is 4. The fourth-order valence-electron chi connectivity index (χ4n) is 2.20. The second-order valence-electron chi connectivity index (χ2n) is 3.73. The predicted molar refractivity (Wildman–Crippen MR) is 50.2 cm³/mol. The number of nitrogens with zero attached hydrogens (tertiary/aromatic N) is 1. The normalized spacial score (nSPS) is 24.9. The summed E-state index contributed by atoms with van der Waals surface area (Å²) in [5, 5.41) is 10.6. The maximum absolute atomic E-state index is 10.6. The molecule has 1 aliphatic carbocycles. The zero-order valence-corrected chi connectivity index (χ0v) is 10.8. The molecule has 0 saturated heterocycles. The zero-order chi connectivity index (χ0) is 10.4. The molecule has 0 unspecified atom stereocenters. The quantitative estimate of drug-likeness (QED) is 0.474. The Morgan fingerprint density at radius 1 is 1.44 bits per heavy atom. The van der Waals surface area contributed by atoms with Crippen LogP contribution in [0.15, 0.2) is 29.3 Å². The fourth-order valence-corrected chi connectivity index (χ4v) is 2.20. The summed E-state index contributed by atoms with van der Waals surface area (Å²) in [5.41, 5.74) is 2.26. The number of aliphatic imine (C=N–C) groups is 1. The molecule has 1 heterocycles. The Kier molecular flexibility index (Phi) is 3.06. The van der Waals surface area contributed by atoms with Crippen LogP contribution in [0.5, 0.6) is 0 Å². The second kappa shape index (κ2) is 4.20. The van der Waals surface area contributed by atoms with Crippen LogP contribution in [-0.2, 0) is 16.0 Å². The Morgan fingerprint density at radius 3 is 2.94 bits per heavy atom. The van der Waals surface area contributed by atoms with Crippen LogP contribution < -0.4 is 34.7 Å². The van der Waals surface area contributed by atoms with E-state index in [2.05, 4.69) is 4.99 Å². The average Bonchev–Trinajstić information content (AvgIpc) is 2.73. The van der Waals surface area contributed by atoms with Gasteiger partial charge in [-0.2, -0.15) is 0 Å². The van der Waals surface area contributed by atoms with Gasteiger partial charge in [0.2, 0.25) is 5.90 Å². The van der Waals surface area contributed by atoms with Crippen molar-refractivity contribution >= 4 is 11.9 Å². The molecule has 0 aromatic heterocycles. The van der Waals surface area contributed by atoms with Gasteiger partial charge in [0.1, 0.15) is 18.1 Å². The third kappa shape index (κ3) is 1.67. The van der Waals surface area contributed by atoms with Crippen molar-refractivity contribution < 1.29 is 44.2 Å². The van der Waals surface area contributed by atoms with Crippen molar-refractivity contribution in [2.45, 2.75) is 18.6 Å². The van der Waals surface area contributed by atoms with E-state index < -0.39 is 5.97 Å². The number of carbonyl (C=O) groups excluding carboxylic acids is 1. The molecule has 0 amide bonds. The summed E-state index contributed by atoms with van der Waals surface area (Å²) in [6.45, 7) is 0. The van der Waals surface area contributed by atoms with E-state index in [0.29, 0.717) is 0 Å². The Bertz CT molecular complexity index is 472. The van der Waals surface area contributed by atoms with Crippen LogP contribution in [0.4, 0.5) is 0 Å². The zero-order valence-electron chi connectivity index (χ0n) is 8.84. The molecule has 0 fully saturated rings. The largest absolute Gasteiger partial charge is 1.00 e. The fraction of sp³-hybridized carbons (Fsp3) is 0.273. The molecule has 76 valence electrons. The first-order chi connectivity index (χ1) is 7.25.